The van der Waals surface area contributed by atoms with Crippen molar-refractivity contribution in [1.29, 1.82) is 5.26 Å². The van der Waals surface area contributed by atoms with Crippen LogP contribution in [0, 0.1) is 23.2 Å². The van der Waals surface area contributed by atoms with Gasteiger partial charge in [-0.1, -0.05) is 12.1 Å². The summed E-state index contributed by atoms with van der Waals surface area (Å²) in [4.78, 5) is 11.9. The molecule has 4 aliphatic rings. The molecule has 2 saturated carbocycles. The number of nitrogens with one attached hydrogen (secondary N) is 1. The second-order valence-corrected chi connectivity index (χ2v) is 7.72. The first-order valence-electron chi connectivity index (χ1n) is 8.77. The summed E-state index contributed by atoms with van der Waals surface area (Å²) in [5.74, 6) is 1.16. The first-order chi connectivity index (χ1) is 11.6. The van der Waals surface area contributed by atoms with Crippen molar-refractivity contribution in [2.75, 3.05) is 6.54 Å². The number of carbonyl (C=O) groups is 1. The smallest absolute Gasteiger partial charge is 0.239 e. The van der Waals surface area contributed by atoms with Gasteiger partial charge in [-0.3, -0.25) is 10.1 Å². The average molecular weight is 325 g/mol. The lowest BCUT2D eigenvalue weighted by Crippen LogP contribution is -2.59. The van der Waals surface area contributed by atoms with Gasteiger partial charge < -0.3 is 10.5 Å². The number of rotatable bonds is 5. The molecule has 3 unspecified atom stereocenters. The molecule has 4 fully saturated rings. The Kier molecular flexibility index (Phi) is 3.82. The van der Waals surface area contributed by atoms with Gasteiger partial charge >= 0.3 is 0 Å². The third kappa shape index (κ3) is 2.81. The molecule has 3 atom stereocenters. The lowest BCUT2D eigenvalue weighted by atomic mass is 9.62. The van der Waals surface area contributed by atoms with Gasteiger partial charge in [0.25, 0.3) is 0 Å². The molecule has 5 nitrogen and oxygen atoms in total. The van der Waals surface area contributed by atoms with Crippen LogP contribution < -0.4 is 11.1 Å². The monoisotopic (exact) mass is 325 g/mol. The van der Waals surface area contributed by atoms with Crippen molar-refractivity contribution in [2.45, 2.75) is 49.9 Å². The Bertz CT molecular complexity index is 642. The van der Waals surface area contributed by atoms with Crippen LogP contribution in [0.3, 0.4) is 0 Å². The van der Waals surface area contributed by atoms with Crippen LogP contribution in [-0.2, 0) is 9.53 Å². The van der Waals surface area contributed by atoms with E-state index in [1.54, 1.807) is 24.3 Å². The number of nitriles is 1. The molecule has 2 aliphatic heterocycles. The first kappa shape index (κ1) is 15.6. The molecule has 5 rings (SSSR count). The highest BCUT2D eigenvalue weighted by atomic mass is 16.5. The second-order valence-electron chi connectivity index (χ2n) is 7.72. The van der Waals surface area contributed by atoms with Gasteiger partial charge in [0, 0.05) is 6.54 Å². The molecule has 2 saturated heterocycles. The highest BCUT2D eigenvalue weighted by Crippen LogP contribution is 2.52. The second kappa shape index (κ2) is 5.87. The standard InChI is InChI=1S/C19H23N3O2/c20-10-12-1-3-15(4-2-12)17(18(21)23)22-11-19-8-13-5-14(9-19)7-16(6-13)24-19/h1-4,13-14,16-17,22H,5-9,11H2,(H2,21,23). The maximum atomic E-state index is 11.9. The molecular weight excluding hydrogens is 302 g/mol. The summed E-state index contributed by atoms with van der Waals surface area (Å²) in [6, 6.07) is 8.56. The summed E-state index contributed by atoms with van der Waals surface area (Å²) >= 11 is 0. The highest BCUT2D eigenvalue weighted by molar-refractivity contribution is 5.81. The SMILES string of the molecule is N#Cc1ccc(C(NCC23CC4CC(CC(C4)O2)C3)C(N)=O)cc1. The molecule has 5 heteroatoms. The number of benzene rings is 1. The van der Waals surface area contributed by atoms with E-state index < -0.39 is 11.9 Å². The van der Waals surface area contributed by atoms with E-state index in [9.17, 15) is 4.79 Å². The Morgan fingerprint density at radius 1 is 1.29 bits per heavy atom. The van der Waals surface area contributed by atoms with Gasteiger partial charge in [0.2, 0.25) is 5.91 Å². The number of ether oxygens (including phenoxy) is 1. The molecule has 2 heterocycles. The molecule has 0 radical (unpaired) electrons. The number of hydrogen-bond acceptors (Lipinski definition) is 4. The van der Waals surface area contributed by atoms with E-state index in [0.29, 0.717) is 18.2 Å². The van der Waals surface area contributed by atoms with Crippen LogP contribution >= 0.6 is 0 Å². The van der Waals surface area contributed by atoms with E-state index in [-0.39, 0.29) is 5.60 Å². The Morgan fingerprint density at radius 2 is 1.96 bits per heavy atom. The Labute approximate surface area is 142 Å². The van der Waals surface area contributed by atoms with Gasteiger partial charge in [-0.05, 0) is 61.6 Å². The number of carbonyl (C=O) groups excluding carboxylic acids is 1. The molecule has 4 bridgehead atoms. The van der Waals surface area contributed by atoms with E-state index in [1.165, 1.54) is 19.3 Å². The predicted molar refractivity (Wildman–Crippen MR) is 88.8 cm³/mol. The number of amides is 1. The minimum absolute atomic E-state index is 0.130. The van der Waals surface area contributed by atoms with Crippen LogP contribution in [0.25, 0.3) is 0 Å². The predicted octanol–water partition coefficient (Wildman–Crippen LogP) is 2.02. The highest BCUT2D eigenvalue weighted by Gasteiger charge is 2.52. The molecule has 3 N–H and O–H groups in total. The molecule has 1 aromatic rings. The fourth-order valence-electron chi connectivity index (χ4n) is 5.13. The lowest BCUT2D eigenvalue weighted by molar-refractivity contribution is -0.217. The molecule has 24 heavy (non-hydrogen) atoms. The summed E-state index contributed by atoms with van der Waals surface area (Å²) in [6.45, 7) is 0.657. The lowest BCUT2D eigenvalue weighted by Gasteiger charge is -2.56. The zero-order valence-corrected chi connectivity index (χ0v) is 13.7. The summed E-state index contributed by atoms with van der Waals surface area (Å²) in [6.07, 6.45) is 6.33. The van der Waals surface area contributed by atoms with Crippen molar-refractivity contribution < 1.29 is 9.53 Å². The Balaban J connectivity index is 1.48. The third-order valence-electron chi connectivity index (χ3n) is 5.88. The van der Waals surface area contributed by atoms with Gasteiger partial charge in [-0.25, -0.2) is 0 Å². The minimum Gasteiger partial charge on any atom is -0.370 e. The molecular formula is C19H23N3O2. The van der Waals surface area contributed by atoms with E-state index in [1.807, 2.05) is 0 Å². The van der Waals surface area contributed by atoms with Crippen LogP contribution in [0.2, 0.25) is 0 Å². The molecule has 0 spiro atoms. The van der Waals surface area contributed by atoms with Crippen molar-refractivity contribution in [2.24, 2.45) is 17.6 Å². The van der Waals surface area contributed by atoms with Crippen molar-refractivity contribution in [1.82, 2.24) is 5.32 Å². The summed E-state index contributed by atoms with van der Waals surface area (Å²) in [7, 11) is 0. The topological polar surface area (TPSA) is 88.1 Å². The summed E-state index contributed by atoms with van der Waals surface area (Å²) in [5, 5.41) is 12.2. The molecule has 126 valence electrons. The van der Waals surface area contributed by atoms with Gasteiger partial charge in [0.05, 0.1) is 23.3 Å². The number of hydrogen-bond donors (Lipinski definition) is 2. The Morgan fingerprint density at radius 3 is 2.50 bits per heavy atom. The molecule has 2 aliphatic carbocycles. The summed E-state index contributed by atoms with van der Waals surface area (Å²) < 4.78 is 6.36. The maximum Gasteiger partial charge on any atom is 0.239 e. The molecule has 1 aromatic carbocycles. The third-order valence-corrected chi connectivity index (χ3v) is 5.88. The van der Waals surface area contributed by atoms with Gasteiger partial charge in [-0.2, -0.15) is 5.26 Å². The van der Waals surface area contributed by atoms with Crippen LogP contribution in [0.1, 0.15) is 49.3 Å². The zero-order valence-electron chi connectivity index (χ0n) is 13.7. The van der Waals surface area contributed by atoms with Gasteiger partial charge in [0.1, 0.15) is 6.04 Å². The largest absolute Gasteiger partial charge is 0.370 e. The van der Waals surface area contributed by atoms with Crippen molar-refractivity contribution in [3.05, 3.63) is 35.4 Å². The van der Waals surface area contributed by atoms with Crippen LogP contribution in [0.15, 0.2) is 24.3 Å². The first-order valence-corrected chi connectivity index (χ1v) is 8.77. The summed E-state index contributed by atoms with van der Waals surface area (Å²) in [5.41, 5.74) is 6.85. The van der Waals surface area contributed by atoms with E-state index in [2.05, 4.69) is 11.4 Å². The fourth-order valence-corrected chi connectivity index (χ4v) is 5.13. The molecule has 1 amide bonds. The van der Waals surface area contributed by atoms with Gasteiger partial charge in [0.15, 0.2) is 0 Å². The van der Waals surface area contributed by atoms with Crippen LogP contribution in [0.4, 0.5) is 0 Å². The number of primary amides is 1. The van der Waals surface area contributed by atoms with Crippen molar-refractivity contribution in [3.63, 3.8) is 0 Å². The number of nitrogens with zero attached hydrogens (tertiary/aromatic N) is 1. The number of nitrogens with two attached hydrogens (primary N) is 1. The minimum atomic E-state index is -0.547. The zero-order chi connectivity index (χ0) is 16.7. The van der Waals surface area contributed by atoms with Crippen LogP contribution in [-0.4, -0.2) is 24.2 Å². The quantitative estimate of drug-likeness (QED) is 0.867. The van der Waals surface area contributed by atoms with Crippen molar-refractivity contribution in [3.8, 4) is 6.07 Å². The Hall–Kier alpha value is -1.90. The van der Waals surface area contributed by atoms with Crippen molar-refractivity contribution >= 4 is 5.91 Å². The van der Waals surface area contributed by atoms with Gasteiger partial charge in [-0.15, -0.1) is 0 Å². The van der Waals surface area contributed by atoms with Crippen LogP contribution in [0.5, 0.6) is 0 Å². The van der Waals surface area contributed by atoms with E-state index in [4.69, 9.17) is 15.7 Å². The maximum absolute atomic E-state index is 11.9. The van der Waals surface area contributed by atoms with E-state index >= 15 is 0 Å². The average Bonchev–Trinajstić information content (AvgIpc) is 2.54. The van der Waals surface area contributed by atoms with E-state index in [0.717, 1.165) is 30.2 Å². The molecule has 0 aromatic heterocycles. The normalized spacial score (nSPS) is 34.7. The fraction of sp³-hybridized carbons (Fsp3) is 0.579.